The van der Waals surface area contributed by atoms with Crippen LogP contribution < -0.4 is 11.0 Å². The molecule has 102 valence electrons. The predicted octanol–water partition coefficient (Wildman–Crippen LogP) is 2.56. The largest absolute Gasteiger partial charge is 0.378 e. The highest BCUT2D eigenvalue weighted by Gasteiger charge is 2.08. The Kier molecular flexibility index (Phi) is 2.98. The van der Waals surface area contributed by atoms with Gasteiger partial charge in [-0.15, -0.1) is 0 Å². The highest BCUT2D eigenvalue weighted by molar-refractivity contribution is 5.78. The first-order valence-electron chi connectivity index (χ1n) is 6.21. The third kappa shape index (κ3) is 2.40. The second kappa shape index (κ2) is 4.80. The summed E-state index contributed by atoms with van der Waals surface area (Å²) in [6, 6.07) is 6.85. The number of hydrogen-bond donors (Lipinski definition) is 3. The molecule has 1 aromatic carbocycles. The summed E-state index contributed by atoms with van der Waals surface area (Å²) in [4.78, 5) is 20.4. The lowest BCUT2D eigenvalue weighted by molar-refractivity contribution is 0.616. The molecule has 6 heteroatoms. The number of benzene rings is 1. The number of aromatic nitrogens is 3. The molecule has 3 N–H and O–H groups in total. The highest BCUT2D eigenvalue weighted by Crippen LogP contribution is 2.21. The van der Waals surface area contributed by atoms with Crippen molar-refractivity contribution in [3.05, 3.63) is 58.5 Å². The minimum atomic E-state index is -0.360. The smallest absolute Gasteiger partial charge is 0.323 e. The molecule has 0 aliphatic rings. The number of H-pyrrole nitrogens is 2. The van der Waals surface area contributed by atoms with Gasteiger partial charge >= 0.3 is 5.69 Å². The molecule has 0 bridgehead atoms. The minimum Gasteiger partial charge on any atom is -0.378 e. The summed E-state index contributed by atoms with van der Waals surface area (Å²) in [6.07, 6.45) is 2.80. The summed E-state index contributed by atoms with van der Waals surface area (Å²) in [5, 5.41) is 3.24. The Bertz CT molecular complexity index is 808. The van der Waals surface area contributed by atoms with Crippen LogP contribution in [0.25, 0.3) is 11.0 Å². The van der Waals surface area contributed by atoms with Gasteiger partial charge in [0.2, 0.25) is 0 Å². The van der Waals surface area contributed by atoms with E-state index in [-0.39, 0.29) is 17.5 Å². The SMILES string of the molecule is CC(Nc1ccc2[nH]c(=O)[nH]c2c1)c1cncc(F)c1. The van der Waals surface area contributed by atoms with Gasteiger partial charge in [-0.25, -0.2) is 9.18 Å². The number of nitrogens with zero attached hydrogens (tertiary/aromatic N) is 1. The van der Waals surface area contributed by atoms with E-state index < -0.39 is 0 Å². The number of halogens is 1. The molecule has 1 unspecified atom stereocenters. The van der Waals surface area contributed by atoms with Crippen molar-refractivity contribution in [3.63, 3.8) is 0 Å². The maximum absolute atomic E-state index is 13.1. The van der Waals surface area contributed by atoms with E-state index >= 15 is 0 Å². The molecule has 2 heterocycles. The van der Waals surface area contributed by atoms with Crippen molar-refractivity contribution in [1.29, 1.82) is 0 Å². The second-order valence-corrected chi connectivity index (χ2v) is 4.64. The lowest BCUT2D eigenvalue weighted by Crippen LogP contribution is -2.07. The third-order valence-electron chi connectivity index (χ3n) is 3.13. The van der Waals surface area contributed by atoms with Crippen LogP contribution in [0.3, 0.4) is 0 Å². The van der Waals surface area contributed by atoms with Gasteiger partial charge < -0.3 is 15.3 Å². The van der Waals surface area contributed by atoms with Gasteiger partial charge in [-0.05, 0) is 36.8 Å². The quantitative estimate of drug-likeness (QED) is 0.686. The zero-order chi connectivity index (χ0) is 14.1. The first kappa shape index (κ1) is 12.4. The Balaban J connectivity index is 1.86. The van der Waals surface area contributed by atoms with Crippen LogP contribution in [0.4, 0.5) is 10.1 Å². The zero-order valence-electron chi connectivity index (χ0n) is 10.8. The Morgan fingerprint density at radius 3 is 2.80 bits per heavy atom. The molecule has 0 amide bonds. The number of aromatic amines is 2. The summed E-state index contributed by atoms with van der Waals surface area (Å²) in [6.45, 7) is 1.92. The van der Waals surface area contributed by atoms with Gasteiger partial charge in [-0.3, -0.25) is 4.98 Å². The molecule has 1 atom stereocenters. The number of rotatable bonds is 3. The highest BCUT2D eigenvalue weighted by atomic mass is 19.1. The van der Waals surface area contributed by atoms with E-state index in [1.54, 1.807) is 6.20 Å². The summed E-state index contributed by atoms with van der Waals surface area (Å²) < 4.78 is 13.1. The number of anilines is 1. The molecule has 3 aromatic rings. The van der Waals surface area contributed by atoms with Crippen LogP contribution in [-0.4, -0.2) is 15.0 Å². The lowest BCUT2D eigenvalue weighted by atomic mass is 10.1. The standard InChI is InChI=1S/C14H13FN4O/c1-8(9-4-10(15)7-16-6-9)17-11-2-3-12-13(5-11)19-14(20)18-12/h2-8,17H,1H3,(H2,18,19,20). The van der Waals surface area contributed by atoms with E-state index in [1.165, 1.54) is 12.3 Å². The predicted molar refractivity (Wildman–Crippen MR) is 75.2 cm³/mol. The van der Waals surface area contributed by atoms with Crippen LogP contribution in [0.1, 0.15) is 18.5 Å². The summed E-state index contributed by atoms with van der Waals surface area (Å²) in [7, 11) is 0. The molecular weight excluding hydrogens is 259 g/mol. The fraction of sp³-hybridized carbons (Fsp3) is 0.143. The minimum absolute atomic E-state index is 0.0960. The molecule has 0 spiro atoms. The van der Waals surface area contributed by atoms with Gasteiger partial charge in [-0.2, -0.15) is 0 Å². The van der Waals surface area contributed by atoms with Crippen molar-refractivity contribution >= 4 is 16.7 Å². The summed E-state index contributed by atoms with van der Waals surface area (Å²) in [5.41, 5.74) is 2.84. The van der Waals surface area contributed by atoms with Crippen LogP contribution in [0, 0.1) is 5.82 Å². The monoisotopic (exact) mass is 272 g/mol. The second-order valence-electron chi connectivity index (χ2n) is 4.64. The van der Waals surface area contributed by atoms with E-state index in [1.807, 2.05) is 25.1 Å². The molecule has 0 saturated heterocycles. The maximum Gasteiger partial charge on any atom is 0.323 e. The summed E-state index contributed by atoms with van der Waals surface area (Å²) in [5.74, 6) is -0.360. The normalized spacial score (nSPS) is 12.5. The van der Waals surface area contributed by atoms with Crippen molar-refractivity contribution in [2.24, 2.45) is 0 Å². The Hall–Kier alpha value is -2.63. The Labute approximate surface area is 113 Å². The number of hydrogen-bond acceptors (Lipinski definition) is 3. The molecule has 5 nitrogen and oxygen atoms in total. The first-order chi connectivity index (χ1) is 9.61. The van der Waals surface area contributed by atoms with Crippen LogP contribution in [-0.2, 0) is 0 Å². The van der Waals surface area contributed by atoms with Crippen LogP contribution >= 0.6 is 0 Å². The van der Waals surface area contributed by atoms with Crippen molar-refractivity contribution < 1.29 is 4.39 Å². The number of pyridine rings is 1. The molecule has 0 aliphatic carbocycles. The van der Waals surface area contributed by atoms with Gasteiger partial charge in [0.25, 0.3) is 0 Å². The van der Waals surface area contributed by atoms with Crippen LogP contribution in [0.2, 0.25) is 0 Å². The van der Waals surface area contributed by atoms with Gasteiger partial charge in [0, 0.05) is 11.9 Å². The van der Waals surface area contributed by atoms with E-state index in [0.29, 0.717) is 0 Å². The number of imidazole rings is 1. The fourth-order valence-electron chi connectivity index (χ4n) is 2.12. The molecular formula is C14H13FN4O. The topological polar surface area (TPSA) is 73.6 Å². The van der Waals surface area contributed by atoms with E-state index in [0.717, 1.165) is 22.3 Å². The van der Waals surface area contributed by atoms with Crippen molar-refractivity contribution in [2.45, 2.75) is 13.0 Å². The molecule has 2 aromatic heterocycles. The maximum atomic E-state index is 13.1. The number of nitrogens with one attached hydrogen (secondary N) is 3. The first-order valence-corrected chi connectivity index (χ1v) is 6.21. The molecule has 3 rings (SSSR count). The average Bonchev–Trinajstić information content (AvgIpc) is 2.78. The molecule has 0 fully saturated rings. The van der Waals surface area contributed by atoms with Crippen molar-refractivity contribution in [1.82, 2.24) is 15.0 Å². The van der Waals surface area contributed by atoms with Gasteiger partial charge in [0.1, 0.15) is 5.82 Å². The third-order valence-corrected chi connectivity index (χ3v) is 3.13. The van der Waals surface area contributed by atoms with E-state index in [2.05, 4.69) is 20.3 Å². The zero-order valence-corrected chi connectivity index (χ0v) is 10.8. The fourth-order valence-corrected chi connectivity index (χ4v) is 2.12. The lowest BCUT2D eigenvalue weighted by Gasteiger charge is -2.15. The molecule has 0 aliphatic heterocycles. The van der Waals surface area contributed by atoms with Gasteiger partial charge in [-0.1, -0.05) is 0 Å². The van der Waals surface area contributed by atoms with E-state index in [4.69, 9.17) is 0 Å². The Morgan fingerprint density at radius 2 is 2.00 bits per heavy atom. The number of fused-ring (bicyclic) bond motifs is 1. The molecule has 20 heavy (non-hydrogen) atoms. The van der Waals surface area contributed by atoms with Crippen molar-refractivity contribution in [2.75, 3.05) is 5.32 Å². The van der Waals surface area contributed by atoms with Crippen LogP contribution in [0.15, 0.2) is 41.5 Å². The van der Waals surface area contributed by atoms with Gasteiger partial charge in [0.05, 0.1) is 23.3 Å². The Morgan fingerprint density at radius 1 is 1.20 bits per heavy atom. The van der Waals surface area contributed by atoms with Gasteiger partial charge in [0.15, 0.2) is 0 Å². The van der Waals surface area contributed by atoms with E-state index in [9.17, 15) is 9.18 Å². The summed E-state index contributed by atoms with van der Waals surface area (Å²) >= 11 is 0. The molecule has 0 saturated carbocycles. The van der Waals surface area contributed by atoms with Crippen molar-refractivity contribution in [3.8, 4) is 0 Å². The average molecular weight is 272 g/mol. The molecule has 0 radical (unpaired) electrons. The van der Waals surface area contributed by atoms with Crippen LogP contribution in [0.5, 0.6) is 0 Å².